The lowest BCUT2D eigenvalue weighted by Crippen LogP contribution is -2.14. The van der Waals surface area contributed by atoms with E-state index in [1.165, 1.54) is 24.5 Å². The summed E-state index contributed by atoms with van der Waals surface area (Å²) in [7, 11) is 1.49. The first-order chi connectivity index (χ1) is 10.1. The summed E-state index contributed by atoms with van der Waals surface area (Å²) < 4.78 is 5.15. The Bertz CT molecular complexity index is 718. The summed E-state index contributed by atoms with van der Waals surface area (Å²) in [5.41, 5.74) is 1.24. The van der Waals surface area contributed by atoms with Crippen LogP contribution in [0.2, 0.25) is 5.02 Å². The molecule has 0 fully saturated rings. The predicted molar refractivity (Wildman–Crippen MR) is 84.5 cm³/mol. The van der Waals surface area contributed by atoms with Gasteiger partial charge < -0.3 is 10.1 Å². The molecule has 2 aromatic rings. The van der Waals surface area contributed by atoms with E-state index in [4.69, 9.17) is 21.6 Å². The highest BCUT2D eigenvalue weighted by Crippen LogP contribution is 2.28. The standard InChI is InChI=1S/C15H11ClN2O2S/c1-20-14-3-2-12(16)7-13(14)18-15(19)11(8-17)6-10-4-5-21-9-10/h2-7,9H,1H3,(H,18,19). The van der Waals surface area contributed by atoms with Gasteiger partial charge >= 0.3 is 0 Å². The largest absolute Gasteiger partial charge is 0.495 e. The molecular weight excluding hydrogens is 308 g/mol. The van der Waals surface area contributed by atoms with Crippen LogP contribution in [0, 0.1) is 11.3 Å². The number of benzene rings is 1. The number of carbonyl (C=O) groups excluding carboxylic acids is 1. The Morgan fingerprint density at radius 3 is 2.90 bits per heavy atom. The molecular formula is C15H11ClN2O2S. The van der Waals surface area contributed by atoms with Crippen LogP contribution >= 0.6 is 22.9 Å². The third-order valence-electron chi connectivity index (χ3n) is 2.63. The van der Waals surface area contributed by atoms with Gasteiger partial charge in [0.1, 0.15) is 17.4 Å². The maximum absolute atomic E-state index is 12.2. The zero-order valence-corrected chi connectivity index (χ0v) is 12.7. The van der Waals surface area contributed by atoms with Crippen molar-refractivity contribution in [1.82, 2.24) is 0 Å². The molecule has 1 aromatic carbocycles. The summed E-state index contributed by atoms with van der Waals surface area (Å²) in [5.74, 6) is -0.0372. The van der Waals surface area contributed by atoms with Crippen molar-refractivity contribution in [2.75, 3.05) is 12.4 Å². The normalized spacial score (nSPS) is 10.8. The van der Waals surface area contributed by atoms with Crippen LogP contribution in [0.1, 0.15) is 5.56 Å². The molecule has 0 bridgehead atoms. The molecule has 0 aliphatic rings. The van der Waals surface area contributed by atoms with Gasteiger partial charge in [-0.05, 0) is 46.7 Å². The topological polar surface area (TPSA) is 62.1 Å². The summed E-state index contributed by atoms with van der Waals surface area (Å²) in [4.78, 5) is 12.2. The predicted octanol–water partition coefficient (Wildman–Crippen LogP) is 3.96. The van der Waals surface area contributed by atoms with Gasteiger partial charge in [0.05, 0.1) is 12.8 Å². The van der Waals surface area contributed by atoms with E-state index in [0.29, 0.717) is 16.5 Å². The number of nitriles is 1. The smallest absolute Gasteiger partial charge is 0.266 e. The SMILES string of the molecule is COc1ccc(Cl)cc1NC(=O)C(C#N)=Cc1ccsc1. The van der Waals surface area contributed by atoms with Crippen molar-refractivity contribution in [3.63, 3.8) is 0 Å². The second-order valence-corrected chi connectivity index (χ2v) is 5.24. The lowest BCUT2D eigenvalue weighted by atomic mass is 10.2. The number of hydrogen-bond donors (Lipinski definition) is 1. The van der Waals surface area contributed by atoms with Gasteiger partial charge in [0, 0.05) is 5.02 Å². The highest BCUT2D eigenvalue weighted by atomic mass is 35.5. The molecule has 0 spiro atoms. The Morgan fingerprint density at radius 1 is 1.48 bits per heavy atom. The van der Waals surface area contributed by atoms with Crippen molar-refractivity contribution in [2.24, 2.45) is 0 Å². The second-order valence-electron chi connectivity index (χ2n) is 4.03. The number of rotatable bonds is 4. The summed E-state index contributed by atoms with van der Waals surface area (Å²) in [6.45, 7) is 0. The molecule has 1 aromatic heterocycles. The first-order valence-electron chi connectivity index (χ1n) is 5.93. The van der Waals surface area contributed by atoms with Crippen molar-refractivity contribution >= 4 is 40.6 Å². The number of methoxy groups -OCH3 is 1. The van der Waals surface area contributed by atoms with Gasteiger partial charge in [-0.3, -0.25) is 4.79 Å². The zero-order chi connectivity index (χ0) is 15.2. The number of anilines is 1. The van der Waals surface area contributed by atoms with Gasteiger partial charge in [-0.25, -0.2) is 0 Å². The van der Waals surface area contributed by atoms with Crippen LogP contribution in [0.15, 0.2) is 40.6 Å². The number of thiophene rings is 1. The number of amides is 1. The van der Waals surface area contributed by atoms with Gasteiger partial charge in [-0.2, -0.15) is 16.6 Å². The van der Waals surface area contributed by atoms with Gasteiger partial charge in [0.15, 0.2) is 0 Å². The van der Waals surface area contributed by atoms with Crippen LogP contribution < -0.4 is 10.1 Å². The van der Waals surface area contributed by atoms with E-state index in [-0.39, 0.29) is 5.57 Å². The lowest BCUT2D eigenvalue weighted by Gasteiger charge is -2.10. The van der Waals surface area contributed by atoms with Gasteiger partial charge in [-0.1, -0.05) is 11.6 Å². The number of ether oxygens (including phenoxy) is 1. The number of nitrogens with one attached hydrogen (secondary N) is 1. The molecule has 1 heterocycles. The fourth-order valence-electron chi connectivity index (χ4n) is 1.64. The van der Waals surface area contributed by atoms with Crippen molar-refractivity contribution in [3.05, 3.63) is 51.2 Å². The number of nitrogens with zero attached hydrogens (tertiary/aromatic N) is 1. The lowest BCUT2D eigenvalue weighted by molar-refractivity contribution is -0.112. The zero-order valence-electron chi connectivity index (χ0n) is 11.1. The maximum atomic E-state index is 12.2. The van der Waals surface area contributed by atoms with Crippen LogP contribution in [-0.2, 0) is 4.79 Å². The second kappa shape index (κ2) is 6.93. The van der Waals surface area contributed by atoms with Crippen molar-refractivity contribution in [1.29, 1.82) is 5.26 Å². The first-order valence-corrected chi connectivity index (χ1v) is 7.25. The molecule has 1 amide bonds. The molecule has 0 aliphatic carbocycles. The Morgan fingerprint density at radius 2 is 2.29 bits per heavy atom. The van der Waals surface area contributed by atoms with Crippen molar-refractivity contribution in [3.8, 4) is 11.8 Å². The highest BCUT2D eigenvalue weighted by molar-refractivity contribution is 7.08. The minimum Gasteiger partial charge on any atom is -0.495 e. The third kappa shape index (κ3) is 3.85. The molecule has 2 rings (SSSR count). The summed E-state index contributed by atoms with van der Waals surface area (Å²) in [6.07, 6.45) is 1.53. The number of carbonyl (C=O) groups is 1. The molecule has 1 N–H and O–H groups in total. The summed E-state index contributed by atoms with van der Waals surface area (Å²) in [6, 6.07) is 8.59. The molecule has 0 radical (unpaired) electrons. The third-order valence-corrected chi connectivity index (χ3v) is 3.57. The van der Waals surface area contributed by atoms with Crippen LogP contribution in [0.3, 0.4) is 0 Å². The van der Waals surface area contributed by atoms with Crippen molar-refractivity contribution in [2.45, 2.75) is 0 Å². The van der Waals surface area contributed by atoms with Crippen LogP contribution in [0.4, 0.5) is 5.69 Å². The minimum atomic E-state index is -0.510. The molecule has 0 saturated heterocycles. The summed E-state index contributed by atoms with van der Waals surface area (Å²) in [5, 5.41) is 15.9. The fourth-order valence-corrected chi connectivity index (χ4v) is 2.43. The van der Waals surface area contributed by atoms with E-state index in [1.807, 2.05) is 22.9 Å². The molecule has 0 atom stereocenters. The van der Waals surface area contributed by atoms with E-state index in [2.05, 4.69) is 5.32 Å². The van der Waals surface area contributed by atoms with E-state index in [0.717, 1.165) is 5.56 Å². The summed E-state index contributed by atoms with van der Waals surface area (Å²) >= 11 is 7.39. The minimum absolute atomic E-state index is 0.00966. The Balaban J connectivity index is 2.25. The molecule has 106 valence electrons. The molecule has 0 aliphatic heterocycles. The molecule has 0 saturated carbocycles. The molecule has 0 unspecified atom stereocenters. The Labute approximate surface area is 131 Å². The molecule has 4 nitrogen and oxygen atoms in total. The average Bonchev–Trinajstić information content (AvgIpc) is 2.98. The fraction of sp³-hybridized carbons (Fsp3) is 0.0667. The first kappa shape index (κ1) is 15.1. The Kier molecular flexibility index (Phi) is 4.99. The van der Waals surface area contributed by atoms with E-state index < -0.39 is 5.91 Å². The quantitative estimate of drug-likeness (QED) is 0.685. The van der Waals surface area contributed by atoms with E-state index >= 15 is 0 Å². The molecule has 21 heavy (non-hydrogen) atoms. The van der Waals surface area contributed by atoms with Crippen LogP contribution in [-0.4, -0.2) is 13.0 Å². The highest BCUT2D eigenvalue weighted by Gasteiger charge is 2.13. The number of hydrogen-bond acceptors (Lipinski definition) is 4. The Hall–Kier alpha value is -2.29. The van der Waals surface area contributed by atoms with Gasteiger partial charge in [0.2, 0.25) is 0 Å². The van der Waals surface area contributed by atoms with E-state index in [1.54, 1.807) is 18.2 Å². The average molecular weight is 319 g/mol. The van der Waals surface area contributed by atoms with Crippen LogP contribution in [0.25, 0.3) is 6.08 Å². The van der Waals surface area contributed by atoms with Crippen molar-refractivity contribution < 1.29 is 9.53 Å². The maximum Gasteiger partial charge on any atom is 0.266 e. The monoisotopic (exact) mass is 318 g/mol. The molecule has 6 heteroatoms. The van der Waals surface area contributed by atoms with Gasteiger partial charge in [0.25, 0.3) is 5.91 Å². The van der Waals surface area contributed by atoms with Gasteiger partial charge in [-0.15, -0.1) is 0 Å². The number of halogens is 1. The van der Waals surface area contributed by atoms with Crippen LogP contribution in [0.5, 0.6) is 5.75 Å². The van der Waals surface area contributed by atoms with E-state index in [9.17, 15) is 4.79 Å².